The number of benzene rings is 1. The van der Waals surface area contributed by atoms with E-state index in [9.17, 15) is 35.9 Å². The van der Waals surface area contributed by atoms with Crippen LogP contribution in [-0.2, 0) is 4.74 Å². The van der Waals surface area contributed by atoms with Crippen LogP contribution in [0.25, 0.3) is 0 Å². The van der Waals surface area contributed by atoms with Crippen LogP contribution in [0, 0.1) is 0 Å². The molecule has 172 valence electrons. The molecule has 31 heavy (non-hydrogen) atoms. The summed E-state index contributed by atoms with van der Waals surface area (Å²) in [5.41, 5.74) is -0.188. The van der Waals surface area contributed by atoms with Crippen LogP contribution in [0.4, 0.5) is 31.1 Å². The fraction of sp³-hybridized carbons (Fsp3) is 0.579. The lowest BCUT2D eigenvalue weighted by Crippen LogP contribution is -2.56. The number of nitrogens with zero attached hydrogens (tertiary/aromatic N) is 2. The molecule has 1 aromatic rings. The molecule has 2 fully saturated rings. The van der Waals surface area contributed by atoms with Gasteiger partial charge in [0.25, 0.3) is 12.0 Å². The minimum absolute atomic E-state index is 0.119. The van der Waals surface area contributed by atoms with Crippen molar-refractivity contribution in [3.8, 4) is 0 Å². The zero-order chi connectivity index (χ0) is 23.0. The van der Waals surface area contributed by atoms with E-state index in [1.165, 1.54) is 0 Å². The van der Waals surface area contributed by atoms with Crippen molar-refractivity contribution in [1.29, 1.82) is 0 Å². The highest BCUT2D eigenvalue weighted by Gasteiger charge is 2.60. The number of alkyl halides is 6. The van der Waals surface area contributed by atoms with Crippen LogP contribution in [0.1, 0.15) is 36.0 Å². The number of likely N-dealkylation sites (tertiary alicyclic amines) is 2. The molecular formula is C19H19ClF6N2O3. The summed E-state index contributed by atoms with van der Waals surface area (Å²) in [5.74, 6) is -0.237. The van der Waals surface area contributed by atoms with Gasteiger partial charge in [0.15, 0.2) is 0 Å². The van der Waals surface area contributed by atoms with E-state index >= 15 is 0 Å². The van der Waals surface area contributed by atoms with E-state index in [1.54, 1.807) is 29.2 Å². The molecule has 2 heterocycles. The Balaban J connectivity index is 1.66. The molecule has 2 aliphatic heterocycles. The summed E-state index contributed by atoms with van der Waals surface area (Å²) in [6.45, 7) is 0.230. The smallest absolute Gasteiger partial charge is 0.426 e. The molecular weight excluding hydrogens is 454 g/mol. The Morgan fingerprint density at radius 3 is 2.00 bits per heavy atom. The molecule has 1 spiro atoms. The SMILES string of the molecule is O=C(OC(C(F)(F)F)C(F)(F)F)N1CCC2(CCCN2C(=O)c2ccc(Cl)cc2)CC1. The molecule has 0 bridgehead atoms. The number of hydrogen-bond donors (Lipinski definition) is 0. The monoisotopic (exact) mass is 472 g/mol. The molecule has 0 aromatic heterocycles. The highest BCUT2D eigenvalue weighted by molar-refractivity contribution is 6.30. The Labute approximate surface area is 178 Å². The highest BCUT2D eigenvalue weighted by atomic mass is 35.5. The van der Waals surface area contributed by atoms with Gasteiger partial charge in [-0.3, -0.25) is 4.79 Å². The summed E-state index contributed by atoms with van der Waals surface area (Å²) in [4.78, 5) is 27.4. The first-order valence-corrected chi connectivity index (χ1v) is 9.88. The number of carbonyl (C=O) groups excluding carboxylic acids is 2. The first-order valence-electron chi connectivity index (χ1n) is 9.50. The molecule has 0 radical (unpaired) electrons. The number of ether oxygens (including phenoxy) is 1. The van der Waals surface area contributed by atoms with Gasteiger partial charge in [0.2, 0.25) is 0 Å². The van der Waals surface area contributed by atoms with E-state index in [1.807, 2.05) is 0 Å². The Morgan fingerprint density at radius 1 is 0.935 bits per heavy atom. The van der Waals surface area contributed by atoms with Gasteiger partial charge in [-0.1, -0.05) is 11.6 Å². The lowest BCUT2D eigenvalue weighted by atomic mass is 9.84. The van der Waals surface area contributed by atoms with Crippen LogP contribution in [-0.4, -0.2) is 65.4 Å². The quantitative estimate of drug-likeness (QED) is 0.567. The molecule has 0 N–H and O–H groups in total. The molecule has 0 atom stereocenters. The molecule has 1 aromatic carbocycles. The van der Waals surface area contributed by atoms with Crippen molar-refractivity contribution in [1.82, 2.24) is 9.80 Å². The van der Waals surface area contributed by atoms with E-state index in [0.29, 0.717) is 30.0 Å². The van der Waals surface area contributed by atoms with E-state index < -0.39 is 30.1 Å². The molecule has 2 aliphatic rings. The first-order chi connectivity index (χ1) is 14.3. The minimum Gasteiger partial charge on any atom is -0.426 e. The van der Waals surface area contributed by atoms with E-state index in [4.69, 9.17) is 11.6 Å². The van der Waals surface area contributed by atoms with Gasteiger partial charge >= 0.3 is 18.4 Å². The Bertz CT molecular complexity index is 805. The van der Waals surface area contributed by atoms with Crippen molar-refractivity contribution in [3.63, 3.8) is 0 Å². The lowest BCUT2D eigenvalue weighted by Gasteiger charge is -2.44. The van der Waals surface area contributed by atoms with Gasteiger partial charge in [0.1, 0.15) is 0 Å². The summed E-state index contributed by atoms with van der Waals surface area (Å²) in [7, 11) is 0. The molecule has 3 rings (SSSR count). The van der Waals surface area contributed by atoms with Crippen LogP contribution in [0.15, 0.2) is 24.3 Å². The molecule has 5 nitrogen and oxygen atoms in total. The molecule has 0 aliphatic carbocycles. The van der Waals surface area contributed by atoms with Crippen molar-refractivity contribution in [2.45, 2.75) is 49.7 Å². The van der Waals surface area contributed by atoms with Crippen molar-refractivity contribution in [3.05, 3.63) is 34.9 Å². The first kappa shape index (κ1) is 23.5. The molecule has 12 heteroatoms. The Hall–Kier alpha value is -2.17. The van der Waals surface area contributed by atoms with Crippen molar-refractivity contribution >= 4 is 23.6 Å². The summed E-state index contributed by atoms with van der Waals surface area (Å²) >= 11 is 5.84. The topological polar surface area (TPSA) is 49.9 Å². The zero-order valence-electron chi connectivity index (χ0n) is 16.1. The zero-order valence-corrected chi connectivity index (χ0v) is 16.9. The van der Waals surface area contributed by atoms with Gasteiger partial charge in [-0.25, -0.2) is 4.79 Å². The lowest BCUT2D eigenvalue weighted by molar-refractivity contribution is -0.308. The van der Waals surface area contributed by atoms with Gasteiger partial charge in [-0.15, -0.1) is 0 Å². The van der Waals surface area contributed by atoms with Crippen LogP contribution in [0.3, 0.4) is 0 Å². The summed E-state index contributed by atoms with van der Waals surface area (Å²) < 4.78 is 79.6. The minimum atomic E-state index is -5.77. The van der Waals surface area contributed by atoms with Gasteiger partial charge in [-0.2, -0.15) is 26.3 Å². The second-order valence-corrected chi connectivity index (χ2v) is 8.06. The van der Waals surface area contributed by atoms with Gasteiger partial charge in [-0.05, 0) is 49.9 Å². The van der Waals surface area contributed by atoms with Gasteiger partial charge in [0.05, 0.1) is 0 Å². The fourth-order valence-corrected chi connectivity index (χ4v) is 4.25. The van der Waals surface area contributed by atoms with Crippen LogP contribution in [0.2, 0.25) is 5.02 Å². The number of carbonyl (C=O) groups is 2. The predicted octanol–water partition coefficient (Wildman–Crippen LogP) is 5.04. The van der Waals surface area contributed by atoms with Gasteiger partial charge < -0.3 is 14.5 Å². The number of hydrogen-bond acceptors (Lipinski definition) is 3. The van der Waals surface area contributed by atoms with Crippen molar-refractivity contribution < 1.29 is 40.7 Å². The molecule has 2 amide bonds. The number of halogens is 7. The largest absolute Gasteiger partial charge is 0.434 e. The third-order valence-electron chi connectivity index (χ3n) is 5.70. The maximum Gasteiger partial charge on any atom is 0.434 e. The highest BCUT2D eigenvalue weighted by Crippen LogP contribution is 2.40. The second kappa shape index (κ2) is 8.40. The second-order valence-electron chi connectivity index (χ2n) is 7.63. The van der Waals surface area contributed by atoms with E-state index in [0.717, 1.165) is 4.90 Å². The average molecular weight is 473 g/mol. The van der Waals surface area contributed by atoms with Crippen LogP contribution in [0.5, 0.6) is 0 Å². The maximum absolute atomic E-state index is 12.9. The summed E-state index contributed by atoms with van der Waals surface area (Å²) in [6.07, 6.45) is -15.6. The Morgan fingerprint density at radius 2 is 1.48 bits per heavy atom. The number of piperidine rings is 1. The Kier molecular flexibility index (Phi) is 6.37. The molecule has 0 unspecified atom stereocenters. The predicted molar refractivity (Wildman–Crippen MR) is 97.6 cm³/mol. The molecule has 0 saturated carbocycles. The number of rotatable bonds is 2. The van der Waals surface area contributed by atoms with Gasteiger partial charge in [0, 0.05) is 35.8 Å². The van der Waals surface area contributed by atoms with Crippen molar-refractivity contribution in [2.24, 2.45) is 0 Å². The average Bonchev–Trinajstić information content (AvgIpc) is 3.07. The van der Waals surface area contributed by atoms with E-state index in [-0.39, 0.29) is 31.8 Å². The third kappa shape index (κ3) is 5.02. The molecule has 2 saturated heterocycles. The van der Waals surface area contributed by atoms with Crippen LogP contribution < -0.4 is 0 Å². The standard InChI is InChI=1S/C19H19ClF6N2O3/c20-13-4-2-12(3-5-13)14(29)28-9-1-6-17(28)7-10-27(11-8-17)16(30)31-15(18(21,22)23)19(24,25)26/h2-5,15H,1,6-11H2. The third-order valence-corrected chi connectivity index (χ3v) is 5.95. The van der Waals surface area contributed by atoms with E-state index in [2.05, 4.69) is 4.74 Å². The van der Waals surface area contributed by atoms with Crippen LogP contribution >= 0.6 is 11.6 Å². The number of amides is 2. The van der Waals surface area contributed by atoms with Crippen molar-refractivity contribution in [2.75, 3.05) is 19.6 Å². The summed E-state index contributed by atoms with van der Waals surface area (Å²) in [6, 6.07) is 6.32. The fourth-order valence-electron chi connectivity index (χ4n) is 4.12. The normalized spacial score (nSPS) is 19.2. The summed E-state index contributed by atoms with van der Waals surface area (Å²) in [5, 5.41) is 0.468. The maximum atomic E-state index is 12.9.